The first-order chi connectivity index (χ1) is 8.29. The zero-order chi connectivity index (χ0) is 12.1. The maximum atomic E-state index is 5.88. The lowest BCUT2D eigenvalue weighted by molar-refractivity contribution is 0.129. The van der Waals surface area contributed by atoms with Crippen LogP contribution in [-0.2, 0) is 4.74 Å². The minimum atomic E-state index is 0.344. The van der Waals surface area contributed by atoms with Gasteiger partial charge in [-0.15, -0.1) is 11.8 Å². The van der Waals surface area contributed by atoms with Gasteiger partial charge in [0.2, 0.25) is 0 Å². The lowest BCUT2D eigenvalue weighted by Gasteiger charge is -2.17. The van der Waals surface area contributed by atoms with E-state index in [-0.39, 0.29) is 0 Å². The van der Waals surface area contributed by atoms with E-state index in [4.69, 9.17) is 22.1 Å². The van der Waals surface area contributed by atoms with E-state index in [0.29, 0.717) is 17.9 Å². The average molecular weight is 272 g/mol. The number of hydrogen-bond donors (Lipinski definition) is 1. The summed E-state index contributed by atoms with van der Waals surface area (Å²) < 4.78 is 5.62. The van der Waals surface area contributed by atoms with Crippen molar-refractivity contribution in [3.8, 4) is 0 Å². The Hall–Kier alpha value is -0.220. The van der Waals surface area contributed by atoms with E-state index in [1.807, 2.05) is 23.9 Å². The van der Waals surface area contributed by atoms with Crippen LogP contribution in [0.1, 0.15) is 23.7 Å². The molecule has 0 amide bonds. The molecule has 2 atom stereocenters. The van der Waals surface area contributed by atoms with Crippen LogP contribution < -0.4 is 5.73 Å². The van der Waals surface area contributed by atoms with Gasteiger partial charge < -0.3 is 10.5 Å². The zero-order valence-corrected chi connectivity index (χ0v) is 11.3. The molecular formula is C13H18ClNOS. The molecule has 2 nitrogen and oxygen atoms in total. The van der Waals surface area contributed by atoms with Gasteiger partial charge in [-0.3, -0.25) is 0 Å². The molecule has 0 spiro atoms. The van der Waals surface area contributed by atoms with Crippen molar-refractivity contribution in [2.45, 2.75) is 24.2 Å². The van der Waals surface area contributed by atoms with Gasteiger partial charge in [0.1, 0.15) is 0 Å². The second-order valence-electron chi connectivity index (χ2n) is 4.24. The van der Waals surface area contributed by atoms with E-state index in [0.717, 1.165) is 17.4 Å². The highest BCUT2D eigenvalue weighted by atomic mass is 35.5. The fourth-order valence-electron chi connectivity index (χ4n) is 1.98. The first-order valence-electron chi connectivity index (χ1n) is 5.98. The molecule has 0 saturated carbocycles. The molecule has 4 heteroatoms. The van der Waals surface area contributed by atoms with E-state index in [1.54, 1.807) is 0 Å². The number of halogens is 1. The van der Waals surface area contributed by atoms with Gasteiger partial charge in [0.15, 0.2) is 0 Å². The largest absolute Gasteiger partial charge is 0.377 e. The maximum Gasteiger partial charge on any atom is 0.0666 e. The summed E-state index contributed by atoms with van der Waals surface area (Å²) >= 11 is 7.77. The quantitative estimate of drug-likeness (QED) is 0.893. The predicted octanol–water partition coefficient (Wildman–Crippen LogP) is 3.25. The Balaban J connectivity index is 1.89. The van der Waals surface area contributed by atoms with Gasteiger partial charge in [0, 0.05) is 29.2 Å². The van der Waals surface area contributed by atoms with Crippen molar-refractivity contribution < 1.29 is 4.74 Å². The molecular weight excluding hydrogens is 254 g/mol. The minimum Gasteiger partial charge on any atom is -0.377 e. The van der Waals surface area contributed by atoms with Crippen molar-refractivity contribution in [3.63, 3.8) is 0 Å². The van der Waals surface area contributed by atoms with Crippen LogP contribution in [0.15, 0.2) is 24.3 Å². The van der Waals surface area contributed by atoms with Crippen LogP contribution >= 0.6 is 23.4 Å². The molecule has 2 N–H and O–H groups in total. The van der Waals surface area contributed by atoms with E-state index in [2.05, 4.69) is 12.1 Å². The van der Waals surface area contributed by atoms with Crippen LogP contribution in [-0.4, -0.2) is 25.0 Å². The third-order valence-corrected chi connectivity index (χ3v) is 4.65. The van der Waals surface area contributed by atoms with Crippen LogP contribution in [0, 0.1) is 0 Å². The standard InChI is InChI=1S/C13H18ClNOS/c14-11-5-3-10(4-6-11)13(8-15)17-9-12-2-1-7-16-12/h3-6,12-13H,1-2,7-9,15H2. The molecule has 2 rings (SSSR count). The third-order valence-electron chi connectivity index (χ3n) is 2.96. The number of nitrogens with two attached hydrogens (primary N) is 1. The van der Waals surface area contributed by atoms with Crippen LogP contribution in [0.4, 0.5) is 0 Å². The summed E-state index contributed by atoms with van der Waals surface area (Å²) in [5.74, 6) is 1.03. The summed E-state index contributed by atoms with van der Waals surface area (Å²) in [7, 11) is 0. The number of thioether (sulfide) groups is 1. The van der Waals surface area contributed by atoms with Gasteiger partial charge in [-0.25, -0.2) is 0 Å². The Morgan fingerprint density at radius 3 is 2.76 bits per heavy atom. The predicted molar refractivity (Wildman–Crippen MR) is 74.7 cm³/mol. The lowest BCUT2D eigenvalue weighted by Crippen LogP contribution is -2.14. The van der Waals surface area contributed by atoms with Crippen molar-refractivity contribution in [2.75, 3.05) is 18.9 Å². The average Bonchev–Trinajstić information content (AvgIpc) is 2.85. The molecule has 1 aromatic carbocycles. The van der Waals surface area contributed by atoms with Gasteiger partial charge in [-0.2, -0.15) is 0 Å². The molecule has 1 saturated heterocycles. The molecule has 0 aromatic heterocycles. The molecule has 0 bridgehead atoms. The first kappa shape index (κ1) is 13.2. The van der Waals surface area contributed by atoms with Crippen molar-refractivity contribution in [1.29, 1.82) is 0 Å². The molecule has 0 radical (unpaired) electrons. The van der Waals surface area contributed by atoms with Crippen molar-refractivity contribution in [1.82, 2.24) is 0 Å². The van der Waals surface area contributed by atoms with Gasteiger partial charge in [-0.1, -0.05) is 23.7 Å². The van der Waals surface area contributed by atoms with Crippen LogP contribution in [0.5, 0.6) is 0 Å². The molecule has 2 unspecified atom stereocenters. The van der Waals surface area contributed by atoms with Gasteiger partial charge >= 0.3 is 0 Å². The first-order valence-corrected chi connectivity index (χ1v) is 7.41. The summed E-state index contributed by atoms with van der Waals surface area (Å²) in [6.45, 7) is 1.57. The molecule has 1 heterocycles. The fraction of sp³-hybridized carbons (Fsp3) is 0.538. The molecule has 1 aromatic rings. The summed E-state index contributed by atoms with van der Waals surface area (Å²) in [5, 5.41) is 1.12. The van der Waals surface area contributed by atoms with Crippen LogP contribution in [0.25, 0.3) is 0 Å². The SMILES string of the molecule is NCC(SCC1CCCO1)c1ccc(Cl)cc1. The van der Waals surface area contributed by atoms with Gasteiger partial charge in [-0.05, 0) is 30.5 Å². The molecule has 17 heavy (non-hydrogen) atoms. The number of ether oxygens (including phenoxy) is 1. The van der Waals surface area contributed by atoms with E-state index < -0.39 is 0 Å². The molecule has 1 aliphatic heterocycles. The monoisotopic (exact) mass is 271 g/mol. The third kappa shape index (κ3) is 3.88. The Morgan fingerprint density at radius 2 is 2.18 bits per heavy atom. The summed E-state index contributed by atoms with van der Waals surface area (Å²) in [4.78, 5) is 0. The Bertz CT molecular complexity index is 338. The van der Waals surface area contributed by atoms with Crippen molar-refractivity contribution in [2.24, 2.45) is 5.73 Å². The van der Waals surface area contributed by atoms with Gasteiger partial charge in [0.05, 0.1) is 6.10 Å². The van der Waals surface area contributed by atoms with Crippen LogP contribution in [0.2, 0.25) is 5.02 Å². The lowest BCUT2D eigenvalue weighted by atomic mass is 10.1. The zero-order valence-electron chi connectivity index (χ0n) is 9.77. The minimum absolute atomic E-state index is 0.344. The highest BCUT2D eigenvalue weighted by Gasteiger charge is 2.18. The van der Waals surface area contributed by atoms with Gasteiger partial charge in [0.25, 0.3) is 0 Å². The van der Waals surface area contributed by atoms with Crippen molar-refractivity contribution >= 4 is 23.4 Å². The summed E-state index contributed by atoms with van der Waals surface area (Å²) in [6.07, 6.45) is 2.80. The normalized spacial score (nSPS) is 21.6. The summed E-state index contributed by atoms with van der Waals surface area (Å²) in [6, 6.07) is 7.96. The molecule has 0 aliphatic carbocycles. The maximum absolute atomic E-state index is 5.88. The summed E-state index contributed by atoms with van der Waals surface area (Å²) in [5.41, 5.74) is 7.08. The number of hydrogen-bond acceptors (Lipinski definition) is 3. The molecule has 1 fully saturated rings. The number of benzene rings is 1. The van der Waals surface area contributed by atoms with E-state index in [9.17, 15) is 0 Å². The smallest absolute Gasteiger partial charge is 0.0666 e. The number of rotatable bonds is 5. The molecule has 1 aliphatic rings. The second-order valence-corrected chi connectivity index (χ2v) is 5.92. The highest BCUT2D eigenvalue weighted by molar-refractivity contribution is 7.99. The fourth-order valence-corrected chi connectivity index (χ4v) is 3.30. The second kappa shape index (κ2) is 6.64. The Labute approximate surface area is 112 Å². The van der Waals surface area contributed by atoms with Crippen LogP contribution in [0.3, 0.4) is 0 Å². The Morgan fingerprint density at radius 1 is 1.41 bits per heavy atom. The Kier molecular flexibility index (Phi) is 5.16. The van der Waals surface area contributed by atoms with Crippen molar-refractivity contribution in [3.05, 3.63) is 34.9 Å². The topological polar surface area (TPSA) is 35.2 Å². The van der Waals surface area contributed by atoms with E-state index in [1.165, 1.54) is 18.4 Å². The highest BCUT2D eigenvalue weighted by Crippen LogP contribution is 2.31. The molecule has 94 valence electrons. The van der Waals surface area contributed by atoms with E-state index >= 15 is 0 Å².